The number of aromatic nitrogens is 1. The van der Waals surface area contributed by atoms with Crippen molar-refractivity contribution in [2.24, 2.45) is 5.92 Å². The molecular formula is C27H26Cl2F2N2O8S. The Labute approximate surface area is 250 Å². The molecular weight excluding hydrogens is 621 g/mol. The highest BCUT2D eigenvalue weighted by Gasteiger charge is 2.27. The number of hydrogen-bond donors (Lipinski definition) is 1. The lowest BCUT2D eigenvalue weighted by atomic mass is 10.0. The van der Waals surface area contributed by atoms with Crippen molar-refractivity contribution in [1.29, 1.82) is 0 Å². The minimum atomic E-state index is -3.71. The SMILES string of the molecule is COc1ccc(C(=O)O[C@@H](Cc2c(Cl)c[n+]([O-])cc2Cl)c2ccc(OC(F)F)c(OCC3CC3)c2)cc1NS(C)(=O)=O. The van der Waals surface area contributed by atoms with Crippen LogP contribution in [0.3, 0.4) is 0 Å². The van der Waals surface area contributed by atoms with Crippen LogP contribution in [0, 0.1) is 11.1 Å². The summed E-state index contributed by atoms with van der Waals surface area (Å²) in [5, 5.41) is 11.8. The van der Waals surface area contributed by atoms with Crippen LogP contribution in [-0.2, 0) is 21.2 Å². The van der Waals surface area contributed by atoms with Crippen LogP contribution in [0.4, 0.5) is 14.5 Å². The molecule has 42 heavy (non-hydrogen) atoms. The number of nitrogens with zero attached hydrogens (tertiary/aromatic N) is 1. The fourth-order valence-corrected chi connectivity index (χ4v) is 5.13. The molecule has 1 N–H and O–H groups in total. The normalized spacial score (nSPS) is 13.9. The number of halogens is 4. The van der Waals surface area contributed by atoms with Crippen molar-refractivity contribution in [2.75, 3.05) is 24.7 Å². The molecule has 0 spiro atoms. The molecule has 1 atom stereocenters. The van der Waals surface area contributed by atoms with Gasteiger partial charge in [0.1, 0.15) is 21.9 Å². The van der Waals surface area contributed by atoms with Crippen LogP contribution in [-0.4, -0.2) is 41.0 Å². The van der Waals surface area contributed by atoms with Crippen molar-refractivity contribution in [3.8, 4) is 17.2 Å². The van der Waals surface area contributed by atoms with E-state index >= 15 is 0 Å². The molecule has 1 fully saturated rings. The molecule has 226 valence electrons. The molecule has 3 aromatic rings. The second kappa shape index (κ2) is 13.2. The van der Waals surface area contributed by atoms with Gasteiger partial charge in [0.05, 0.1) is 31.2 Å². The van der Waals surface area contributed by atoms with Crippen molar-refractivity contribution in [2.45, 2.75) is 32.0 Å². The van der Waals surface area contributed by atoms with Crippen LogP contribution < -0.4 is 23.7 Å². The average molecular weight is 647 g/mol. The van der Waals surface area contributed by atoms with Crippen LogP contribution >= 0.6 is 23.2 Å². The number of anilines is 1. The van der Waals surface area contributed by atoms with E-state index < -0.39 is 28.7 Å². The van der Waals surface area contributed by atoms with Crippen LogP contribution in [0.2, 0.25) is 10.0 Å². The summed E-state index contributed by atoms with van der Waals surface area (Å²) in [4.78, 5) is 13.4. The highest BCUT2D eigenvalue weighted by molar-refractivity contribution is 7.92. The summed E-state index contributed by atoms with van der Waals surface area (Å²) in [6.45, 7) is -2.81. The van der Waals surface area contributed by atoms with E-state index in [1.165, 1.54) is 43.5 Å². The molecule has 1 aliphatic carbocycles. The maximum absolute atomic E-state index is 13.4. The second-order valence-electron chi connectivity index (χ2n) is 9.52. The summed E-state index contributed by atoms with van der Waals surface area (Å²) in [7, 11) is -2.38. The molecule has 1 saturated carbocycles. The number of sulfonamides is 1. The summed E-state index contributed by atoms with van der Waals surface area (Å²) in [6, 6.07) is 8.11. The number of rotatable bonds is 13. The molecule has 0 radical (unpaired) electrons. The zero-order chi connectivity index (χ0) is 30.6. The van der Waals surface area contributed by atoms with E-state index in [1.54, 1.807) is 0 Å². The fourth-order valence-electron chi connectivity index (χ4n) is 3.97. The van der Waals surface area contributed by atoms with E-state index in [-0.39, 0.29) is 57.1 Å². The van der Waals surface area contributed by atoms with E-state index in [2.05, 4.69) is 9.46 Å². The number of carbonyl (C=O) groups is 1. The van der Waals surface area contributed by atoms with Crippen LogP contribution in [0.1, 0.15) is 40.4 Å². The number of esters is 1. The summed E-state index contributed by atoms with van der Waals surface area (Å²) < 4.78 is 73.9. The van der Waals surface area contributed by atoms with E-state index in [0.29, 0.717) is 16.2 Å². The number of alkyl halides is 2. The summed E-state index contributed by atoms with van der Waals surface area (Å²) in [6.07, 6.45) is 3.77. The third-order valence-corrected chi connectivity index (χ3v) is 7.40. The largest absolute Gasteiger partial charge is 0.619 e. The van der Waals surface area contributed by atoms with Crippen LogP contribution in [0.25, 0.3) is 0 Å². The van der Waals surface area contributed by atoms with Crippen LogP contribution in [0.15, 0.2) is 48.8 Å². The third kappa shape index (κ3) is 8.49. The zero-order valence-corrected chi connectivity index (χ0v) is 24.6. The molecule has 0 aliphatic heterocycles. The third-order valence-electron chi connectivity index (χ3n) is 6.15. The van der Waals surface area contributed by atoms with Gasteiger partial charge in [-0.3, -0.25) is 4.72 Å². The predicted octanol–water partition coefficient (Wildman–Crippen LogP) is 5.54. The number of pyridine rings is 1. The number of benzene rings is 2. The Morgan fingerprint density at radius 2 is 1.76 bits per heavy atom. The van der Waals surface area contributed by atoms with Crippen molar-refractivity contribution in [3.63, 3.8) is 0 Å². The van der Waals surface area contributed by atoms with Gasteiger partial charge in [0.25, 0.3) is 0 Å². The highest BCUT2D eigenvalue weighted by Crippen LogP contribution is 2.38. The smallest absolute Gasteiger partial charge is 0.387 e. The highest BCUT2D eigenvalue weighted by atomic mass is 35.5. The van der Waals surface area contributed by atoms with Gasteiger partial charge in [-0.2, -0.15) is 13.5 Å². The van der Waals surface area contributed by atoms with Gasteiger partial charge in [-0.05, 0) is 54.7 Å². The Kier molecular flexibility index (Phi) is 9.85. The van der Waals surface area contributed by atoms with E-state index in [4.69, 9.17) is 37.4 Å². The zero-order valence-electron chi connectivity index (χ0n) is 22.3. The molecule has 15 heteroatoms. The molecule has 10 nitrogen and oxygen atoms in total. The molecule has 1 aliphatic rings. The molecule has 0 bridgehead atoms. The molecule has 0 saturated heterocycles. The molecule has 2 aromatic carbocycles. The lowest BCUT2D eigenvalue weighted by molar-refractivity contribution is -0.605. The first kappa shape index (κ1) is 31.4. The van der Waals surface area contributed by atoms with Crippen molar-refractivity contribution < 1.29 is 45.7 Å². The van der Waals surface area contributed by atoms with E-state index in [9.17, 15) is 27.2 Å². The van der Waals surface area contributed by atoms with Gasteiger partial charge in [-0.15, -0.1) is 0 Å². The summed E-state index contributed by atoms with van der Waals surface area (Å²) in [5.74, 6) is -0.585. The molecule has 1 heterocycles. The van der Waals surface area contributed by atoms with Crippen molar-refractivity contribution in [3.05, 3.63) is 80.7 Å². The van der Waals surface area contributed by atoms with Gasteiger partial charge in [-0.1, -0.05) is 29.3 Å². The minimum absolute atomic E-state index is 0.00408. The lowest BCUT2D eigenvalue weighted by Crippen LogP contribution is -2.25. The fraction of sp³-hybridized carbons (Fsp3) is 0.333. The topological polar surface area (TPSA) is 127 Å². The maximum Gasteiger partial charge on any atom is 0.387 e. The predicted molar refractivity (Wildman–Crippen MR) is 150 cm³/mol. The van der Waals surface area contributed by atoms with Gasteiger partial charge >= 0.3 is 12.6 Å². The lowest BCUT2D eigenvalue weighted by Gasteiger charge is -2.22. The van der Waals surface area contributed by atoms with Gasteiger partial charge in [-0.25, -0.2) is 13.2 Å². The standard InChI is InChI=1S/C27H26Cl2F2N2O8S/c1-38-22-7-6-17(9-21(22)32-42(2,36)37)26(34)40-24(11-18-19(28)12-33(35)13-20(18)29)16-5-8-23(41-27(30)31)25(10-16)39-14-15-3-4-15/h5-10,12-13,15,24,27,32H,3-4,11,14H2,1-2H3/t24-/m0/s1. The number of ether oxygens (including phenoxy) is 4. The summed E-state index contributed by atoms with van der Waals surface area (Å²) in [5.41, 5.74) is 0.581. The number of hydrogen-bond acceptors (Lipinski definition) is 8. The van der Waals surface area contributed by atoms with E-state index in [0.717, 1.165) is 31.5 Å². The Morgan fingerprint density at radius 3 is 2.36 bits per heavy atom. The van der Waals surface area contributed by atoms with Gasteiger partial charge in [0.2, 0.25) is 10.0 Å². The molecule has 0 amide bonds. The van der Waals surface area contributed by atoms with Gasteiger partial charge < -0.3 is 24.2 Å². The Hall–Kier alpha value is -3.55. The number of methoxy groups -OCH3 is 1. The van der Waals surface area contributed by atoms with Crippen molar-refractivity contribution in [1.82, 2.24) is 0 Å². The van der Waals surface area contributed by atoms with Gasteiger partial charge in [0, 0.05) is 12.0 Å². The number of carbonyl (C=O) groups excluding carboxylic acids is 1. The van der Waals surface area contributed by atoms with Gasteiger partial charge in [0.15, 0.2) is 23.9 Å². The van der Waals surface area contributed by atoms with Crippen LogP contribution in [0.5, 0.6) is 17.2 Å². The first-order valence-corrected chi connectivity index (χ1v) is 15.1. The maximum atomic E-state index is 13.4. The Morgan fingerprint density at radius 1 is 1.10 bits per heavy atom. The average Bonchev–Trinajstić information content (AvgIpc) is 3.72. The first-order chi connectivity index (χ1) is 19.8. The first-order valence-electron chi connectivity index (χ1n) is 12.5. The monoisotopic (exact) mass is 646 g/mol. The number of nitrogens with one attached hydrogen (secondary N) is 1. The molecule has 4 rings (SSSR count). The molecule has 0 unspecified atom stereocenters. The minimum Gasteiger partial charge on any atom is -0.619 e. The second-order valence-corrected chi connectivity index (χ2v) is 12.1. The Bertz CT molecular complexity index is 1550. The summed E-state index contributed by atoms with van der Waals surface area (Å²) >= 11 is 12.6. The quantitative estimate of drug-likeness (QED) is 0.146. The van der Waals surface area contributed by atoms with Crippen molar-refractivity contribution >= 4 is 44.9 Å². The van der Waals surface area contributed by atoms with E-state index in [1.807, 2.05) is 0 Å². The Balaban J connectivity index is 1.72. The molecule has 1 aromatic heterocycles.